The molecule has 3 rings (SSSR count). The third-order valence-corrected chi connectivity index (χ3v) is 5.37. The summed E-state index contributed by atoms with van der Waals surface area (Å²) < 4.78 is 5.55. The summed E-state index contributed by atoms with van der Waals surface area (Å²) >= 11 is 5.87. The summed E-state index contributed by atoms with van der Waals surface area (Å²) in [6.45, 7) is 6.70. The van der Waals surface area contributed by atoms with Crippen LogP contribution in [0.25, 0.3) is 0 Å². The maximum Gasteiger partial charge on any atom is 0.258 e. The number of ether oxygens (including phenoxy) is 1. The van der Waals surface area contributed by atoms with E-state index in [-0.39, 0.29) is 18.6 Å². The summed E-state index contributed by atoms with van der Waals surface area (Å²) in [6.07, 6.45) is 0. The lowest BCUT2D eigenvalue weighted by molar-refractivity contribution is -0.123. The van der Waals surface area contributed by atoms with Gasteiger partial charge in [0.15, 0.2) is 6.61 Å². The highest BCUT2D eigenvalue weighted by Gasteiger charge is 2.24. The second kappa shape index (κ2) is 9.92. The van der Waals surface area contributed by atoms with Gasteiger partial charge in [-0.15, -0.1) is 0 Å². The van der Waals surface area contributed by atoms with Crippen LogP contribution < -0.4 is 10.1 Å². The minimum absolute atomic E-state index is 0.00894. The van der Waals surface area contributed by atoms with Crippen LogP contribution in [0.1, 0.15) is 17.2 Å². The van der Waals surface area contributed by atoms with Gasteiger partial charge in [0.1, 0.15) is 5.75 Å². The van der Waals surface area contributed by atoms with Gasteiger partial charge in [0.25, 0.3) is 5.91 Å². The summed E-state index contributed by atoms with van der Waals surface area (Å²) in [4.78, 5) is 17.1. The highest BCUT2D eigenvalue weighted by atomic mass is 35.5. The maximum absolute atomic E-state index is 12.3. The number of carbonyl (C=O) groups excluding carboxylic acids is 1. The van der Waals surface area contributed by atoms with Crippen molar-refractivity contribution in [1.29, 1.82) is 0 Å². The zero-order valence-electron chi connectivity index (χ0n) is 16.5. The summed E-state index contributed by atoms with van der Waals surface area (Å²) in [6, 6.07) is 15.8. The highest BCUT2D eigenvalue weighted by molar-refractivity contribution is 6.30. The number of nitrogens with one attached hydrogen (secondary N) is 1. The van der Waals surface area contributed by atoms with Crippen LogP contribution in [0.2, 0.25) is 5.02 Å². The molecule has 1 atom stereocenters. The molecule has 0 spiro atoms. The summed E-state index contributed by atoms with van der Waals surface area (Å²) in [5.41, 5.74) is 2.47. The molecular weight excluding hydrogens is 374 g/mol. The Morgan fingerprint density at radius 3 is 2.36 bits per heavy atom. The number of rotatable bonds is 7. The van der Waals surface area contributed by atoms with Gasteiger partial charge in [-0.1, -0.05) is 41.4 Å². The van der Waals surface area contributed by atoms with Crippen LogP contribution in [0.4, 0.5) is 0 Å². The fraction of sp³-hybridized carbons (Fsp3) is 0.409. The first-order chi connectivity index (χ1) is 13.5. The van der Waals surface area contributed by atoms with E-state index in [0.717, 1.165) is 26.2 Å². The largest absolute Gasteiger partial charge is 0.484 e. The number of hydrogen-bond donors (Lipinski definition) is 1. The van der Waals surface area contributed by atoms with Crippen LogP contribution in [0.5, 0.6) is 5.75 Å². The van der Waals surface area contributed by atoms with Gasteiger partial charge in [-0.05, 0) is 43.8 Å². The molecule has 1 aliphatic heterocycles. The Kier molecular flexibility index (Phi) is 7.31. The second-order valence-electron chi connectivity index (χ2n) is 7.31. The molecule has 0 radical (unpaired) electrons. The van der Waals surface area contributed by atoms with Crippen molar-refractivity contribution in [3.63, 3.8) is 0 Å². The zero-order chi connectivity index (χ0) is 19.9. The zero-order valence-corrected chi connectivity index (χ0v) is 17.3. The van der Waals surface area contributed by atoms with E-state index in [9.17, 15) is 4.79 Å². The second-order valence-corrected chi connectivity index (χ2v) is 7.75. The molecule has 0 saturated carbocycles. The van der Waals surface area contributed by atoms with Gasteiger partial charge in [0, 0.05) is 37.7 Å². The smallest absolute Gasteiger partial charge is 0.258 e. The molecule has 1 fully saturated rings. The number of carbonyl (C=O) groups is 1. The summed E-state index contributed by atoms with van der Waals surface area (Å²) in [5, 5.41) is 3.68. The van der Waals surface area contributed by atoms with Gasteiger partial charge in [-0.2, -0.15) is 0 Å². The molecular formula is C22H28ClN3O2. The molecule has 28 heavy (non-hydrogen) atoms. The first kappa shape index (κ1) is 20.6. The highest BCUT2D eigenvalue weighted by Crippen LogP contribution is 2.22. The lowest BCUT2D eigenvalue weighted by atomic mass is 10.0. The maximum atomic E-state index is 12.3. The van der Waals surface area contributed by atoms with Crippen LogP contribution in [-0.2, 0) is 4.79 Å². The van der Waals surface area contributed by atoms with E-state index >= 15 is 0 Å². The Morgan fingerprint density at radius 1 is 1.07 bits per heavy atom. The molecule has 1 aliphatic rings. The number of hydrogen-bond acceptors (Lipinski definition) is 4. The van der Waals surface area contributed by atoms with Crippen molar-refractivity contribution in [2.75, 3.05) is 46.4 Å². The van der Waals surface area contributed by atoms with E-state index < -0.39 is 0 Å². The number of aryl methyl sites for hydroxylation is 1. The fourth-order valence-corrected chi connectivity index (χ4v) is 3.45. The van der Waals surface area contributed by atoms with E-state index in [1.807, 2.05) is 0 Å². The minimum Gasteiger partial charge on any atom is -0.484 e. The normalized spacial score (nSPS) is 16.5. The molecule has 6 heteroatoms. The molecule has 2 aromatic carbocycles. The Balaban J connectivity index is 1.58. The van der Waals surface area contributed by atoms with E-state index in [1.54, 1.807) is 24.3 Å². The average Bonchev–Trinajstić information content (AvgIpc) is 2.70. The molecule has 2 aromatic rings. The van der Waals surface area contributed by atoms with Crippen molar-refractivity contribution in [3.8, 4) is 5.75 Å². The van der Waals surface area contributed by atoms with E-state index in [1.165, 1.54) is 11.1 Å². The monoisotopic (exact) mass is 401 g/mol. The lowest BCUT2D eigenvalue weighted by Crippen LogP contribution is -2.48. The van der Waals surface area contributed by atoms with Crippen molar-refractivity contribution >= 4 is 17.5 Å². The van der Waals surface area contributed by atoms with Crippen LogP contribution in [0, 0.1) is 6.92 Å². The van der Waals surface area contributed by atoms with Crippen molar-refractivity contribution in [1.82, 2.24) is 15.1 Å². The fourth-order valence-electron chi connectivity index (χ4n) is 3.32. The standard InChI is InChI=1S/C22H28ClN3O2/c1-17-3-5-18(6-4-17)21(26-13-11-25(2)12-14-26)15-24-22(27)16-28-20-9-7-19(23)8-10-20/h3-10,21H,11-16H2,1-2H3,(H,24,27). The topological polar surface area (TPSA) is 44.8 Å². The van der Waals surface area contributed by atoms with Gasteiger partial charge >= 0.3 is 0 Å². The van der Waals surface area contributed by atoms with Gasteiger partial charge in [0.2, 0.25) is 0 Å². The molecule has 5 nitrogen and oxygen atoms in total. The minimum atomic E-state index is -0.124. The van der Waals surface area contributed by atoms with Crippen molar-refractivity contribution in [3.05, 3.63) is 64.7 Å². The Labute approximate surface area is 172 Å². The van der Waals surface area contributed by atoms with Crippen LogP contribution >= 0.6 is 11.6 Å². The summed E-state index contributed by atoms with van der Waals surface area (Å²) in [7, 11) is 2.15. The van der Waals surface area contributed by atoms with Crippen molar-refractivity contribution < 1.29 is 9.53 Å². The molecule has 0 aliphatic carbocycles. The Bertz CT molecular complexity index is 756. The Morgan fingerprint density at radius 2 is 1.71 bits per heavy atom. The number of nitrogens with zero attached hydrogens (tertiary/aromatic N) is 2. The quantitative estimate of drug-likeness (QED) is 0.774. The lowest BCUT2D eigenvalue weighted by Gasteiger charge is -2.38. The van der Waals surface area contributed by atoms with Gasteiger partial charge in [-0.3, -0.25) is 9.69 Å². The van der Waals surface area contributed by atoms with Gasteiger partial charge < -0.3 is 15.0 Å². The predicted molar refractivity (Wildman–Crippen MR) is 113 cm³/mol. The van der Waals surface area contributed by atoms with Crippen molar-refractivity contribution in [2.45, 2.75) is 13.0 Å². The molecule has 1 heterocycles. The van der Waals surface area contributed by atoms with Gasteiger partial charge in [-0.25, -0.2) is 0 Å². The molecule has 150 valence electrons. The van der Waals surface area contributed by atoms with E-state index in [0.29, 0.717) is 17.3 Å². The third-order valence-electron chi connectivity index (χ3n) is 5.12. The molecule has 0 bridgehead atoms. The average molecular weight is 402 g/mol. The molecule has 1 saturated heterocycles. The predicted octanol–water partition coefficient (Wildman–Crippen LogP) is 3.13. The van der Waals surface area contributed by atoms with Crippen LogP contribution in [0.15, 0.2) is 48.5 Å². The SMILES string of the molecule is Cc1ccc(C(CNC(=O)COc2ccc(Cl)cc2)N2CCN(C)CC2)cc1. The van der Waals surface area contributed by atoms with Crippen molar-refractivity contribution in [2.24, 2.45) is 0 Å². The third kappa shape index (κ3) is 5.96. The molecule has 1 N–H and O–H groups in total. The first-order valence-corrected chi connectivity index (χ1v) is 10.0. The number of piperazine rings is 1. The molecule has 0 aromatic heterocycles. The van der Waals surface area contributed by atoms with Gasteiger partial charge in [0.05, 0.1) is 6.04 Å². The van der Waals surface area contributed by atoms with E-state index in [4.69, 9.17) is 16.3 Å². The summed E-state index contributed by atoms with van der Waals surface area (Å²) in [5.74, 6) is 0.509. The van der Waals surface area contributed by atoms with Crippen LogP contribution in [-0.4, -0.2) is 62.1 Å². The molecule has 1 amide bonds. The number of likely N-dealkylation sites (N-methyl/N-ethyl adjacent to an activating group) is 1. The number of halogens is 1. The molecule has 1 unspecified atom stereocenters. The number of amides is 1. The first-order valence-electron chi connectivity index (χ1n) is 9.65. The van der Waals surface area contributed by atoms with Crippen LogP contribution in [0.3, 0.4) is 0 Å². The Hall–Kier alpha value is -2.08. The number of benzene rings is 2. The van der Waals surface area contributed by atoms with E-state index in [2.05, 4.69) is 53.4 Å².